The van der Waals surface area contributed by atoms with E-state index in [1.807, 2.05) is 16.0 Å². The normalized spacial score (nSPS) is 15.5. The van der Waals surface area contributed by atoms with Crippen LogP contribution in [0.15, 0.2) is 30.3 Å². The van der Waals surface area contributed by atoms with Gasteiger partial charge >= 0.3 is 5.97 Å². The molecule has 1 aromatic rings. The first kappa shape index (κ1) is 50.2. The van der Waals surface area contributed by atoms with Crippen LogP contribution in [0.5, 0.6) is 0 Å². The van der Waals surface area contributed by atoms with Crippen molar-refractivity contribution in [3.05, 3.63) is 35.9 Å². The number of benzene rings is 1. The Labute approximate surface area is 330 Å². The number of amides is 8. The molecule has 17 N–H and O–H groups in total. The van der Waals surface area contributed by atoms with E-state index in [1.54, 1.807) is 30.3 Å². The van der Waals surface area contributed by atoms with Crippen LogP contribution in [0.4, 0.5) is 0 Å². The Balaban J connectivity index is 3.11. The van der Waals surface area contributed by atoms with Gasteiger partial charge in [-0.1, -0.05) is 30.3 Å². The number of hydrogen-bond donors (Lipinski definition) is 16. The number of carboxylic acid groups (broad SMARTS) is 1. The average Bonchev–Trinajstić information content (AvgIpc) is 3.20. The minimum absolute atomic E-state index is 0.268. The van der Waals surface area contributed by atoms with Gasteiger partial charge in [0, 0.05) is 6.42 Å². The Morgan fingerprint density at radius 3 is 1.10 bits per heavy atom. The van der Waals surface area contributed by atoms with Gasteiger partial charge in [-0.05, 0) is 19.4 Å². The Hall–Kier alpha value is -5.83. The topological polar surface area (TPSA) is 417 Å². The van der Waals surface area contributed by atoms with E-state index < -0.39 is 147 Å². The standard InChI is InChI=1S/C33H51N9O16/c1-15(35-26(50)18(34)9-43)25(49)38-21(11-45)30(54)41-22(12-46)29(53)37-19(8-17-6-4-3-5-7-17)27(51)39-23(13-47)31(55)42-24(14-48)32(56)40-20(10-44)28(52)36-16(2)33(57)58/h3-7,15-16,18-24,43-48H,8-14,34H2,1-2H3,(H,35,50)(H,36,52)(H,37,53)(H,38,49)(H,39,51)(H,40,56)(H,41,54)(H,42,55)(H,57,58)/t15-,16-,18-,19-,20-,21-,22-,23-,24-/m0/s1. The Kier molecular flexibility index (Phi) is 22.0. The maximum atomic E-state index is 13.5. The number of aliphatic carboxylic acids is 1. The number of nitrogens with one attached hydrogen (secondary N) is 8. The molecule has 0 bridgehead atoms. The van der Waals surface area contributed by atoms with Crippen molar-refractivity contribution in [1.82, 2.24) is 42.5 Å². The minimum atomic E-state index is -1.84. The zero-order chi connectivity index (χ0) is 44.1. The van der Waals surface area contributed by atoms with Crippen LogP contribution in [-0.4, -0.2) is 183 Å². The van der Waals surface area contributed by atoms with Crippen molar-refractivity contribution in [1.29, 1.82) is 0 Å². The Morgan fingerprint density at radius 2 is 0.759 bits per heavy atom. The summed E-state index contributed by atoms with van der Waals surface area (Å²) in [6, 6.07) is -6.56. The van der Waals surface area contributed by atoms with Crippen LogP contribution < -0.4 is 48.3 Å². The molecule has 8 amide bonds. The third-order valence-electron chi connectivity index (χ3n) is 8.01. The summed E-state index contributed by atoms with van der Waals surface area (Å²) in [5.41, 5.74) is 5.85. The SMILES string of the molecule is C[C@H](NC(=O)[C@H](CO)NC(=O)[C@H](CO)NC(=O)[C@H](CO)NC(=O)[C@H](Cc1ccccc1)NC(=O)[C@H](CO)NC(=O)[C@H](CO)NC(=O)[C@H](C)NC(=O)[C@@H](N)CO)C(=O)O. The fraction of sp³-hybridized carbons (Fsp3) is 0.545. The third kappa shape index (κ3) is 16.3. The molecule has 0 spiro atoms. The fourth-order valence-corrected chi connectivity index (χ4v) is 4.53. The zero-order valence-corrected chi connectivity index (χ0v) is 31.4. The number of hydrogen-bond acceptors (Lipinski definition) is 16. The lowest BCUT2D eigenvalue weighted by Gasteiger charge is -2.26. The number of carboxylic acids is 1. The van der Waals surface area contributed by atoms with E-state index in [4.69, 9.17) is 15.9 Å². The molecule has 0 aliphatic carbocycles. The van der Waals surface area contributed by atoms with Crippen LogP contribution >= 0.6 is 0 Å². The highest BCUT2D eigenvalue weighted by molar-refractivity contribution is 5.98. The van der Waals surface area contributed by atoms with Crippen LogP contribution in [0, 0.1) is 0 Å². The summed E-state index contributed by atoms with van der Waals surface area (Å²) in [6.07, 6.45) is -0.268. The van der Waals surface area contributed by atoms with Gasteiger partial charge in [0.15, 0.2) is 0 Å². The molecular weight excluding hydrogens is 778 g/mol. The number of carbonyl (C=O) groups is 9. The van der Waals surface area contributed by atoms with E-state index in [0.717, 1.165) is 6.92 Å². The van der Waals surface area contributed by atoms with Gasteiger partial charge in [0.05, 0.1) is 39.6 Å². The molecule has 0 aliphatic heterocycles. The molecule has 0 saturated carbocycles. The van der Waals surface area contributed by atoms with Crippen LogP contribution in [0.2, 0.25) is 0 Å². The quantitative estimate of drug-likeness (QED) is 0.0435. The Morgan fingerprint density at radius 1 is 0.448 bits per heavy atom. The maximum absolute atomic E-state index is 13.5. The summed E-state index contributed by atoms with van der Waals surface area (Å²) in [7, 11) is 0. The Bertz CT molecular complexity index is 1590. The van der Waals surface area contributed by atoms with E-state index in [1.165, 1.54) is 6.92 Å². The second-order valence-corrected chi connectivity index (χ2v) is 12.6. The lowest BCUT2D eigenvalue weighted by atomic mass is 10.0. The van der Waals surface area contributed by atoms with Crippen molar-refractivity contribution in [3.8, 4) is 0 Å². The molecule has 0 radical (unpaired) electrons. The van der Waals surface area contributed by atoms with Gasteiger partial charge < -0.3 is 84.0 Å². The molecule has 0 fully saturated rings. The van der Waals surface area contributed by atoms with Gasteiger partial charge in [0.25, 0.3) is 0 Å². The van der Waals surface area contributed by atoms with Gasteiger partial charge in [-0.15, -0.1) is 0 Å². The number of carbonyl (C=O) groups excluding carboxylic acids is 8. The van der Waals surface area contributed by atoms with Crippen molar-refractivity contribution < 1.29 is 78.9 Å². The van der Waals surface area contributed by atoms with Crippen molar-refractivity contribution in [2.24, 2.45) is 5.73 Å². The maximum Gasteiger partial charge on any atom is 0.325 e. The molecule has 9 atom stereocenters. The molecule has 0 saturated heterocycles. The molecule has 1 rings (SSSR count). The number of aliphatic hydroxyl groups excluding tert-OH is 6. The van der Waals surface area contributed by atoms with E-state index in [2.05, 4.69) is 26.6 Å². The lowest BCUT2D eigenvalue weighted by Crippen LogP contribution is -2.62. The zero-order valence-electron chi connectivity index (χ0n) is 31.4. The first-order chi connectivity index (χ1) is 27.4. The summed E-state index contributed by atoms with van der Waals surface area (Å²) in [5.74, 6) is -10.3. The summed E-state index contributed by atoms with van der Waals surface area (Å²) in [5, 5.41) is 83.9. The highest BCUT2D eigenvalue weighted by Crippen LogP contribution is 2.05. The number of nitrogens with two attached hydrogens (primary N) is 1. The van der Waals surface area contributed by atoms with Crippen molar-refractivity contribution >= 4 is 53.2 Å². The van der Waals surface area contributed by atoms with Gasteiger partial charge in [-0.3, -0.25) is 43.2 Å². The average molecular weight is 830 g/mol. The molecule has 1 aromatic carbocycles. The van der Waals surface area contributed by atoms with Crippen LogP contribution in [0.1, 0.15) is 19.4 Å². The predicted octanol–water partition coefficient (Wildman–Crippen LogP) is -9.49. The third-order valence-corrected chi connectivity index (χ3v) is 8.01. The van der Waals surface area contributed by atoms with Crippen LogP contribution in [0.3, 0.4) is 0 Å². The second-order valence-electron chi connectivity index (χ2n) is 12.6. The lowest BCUT2D eigenvalue weighted by molar-refractivity contribution is -0.142. The van der Waals surface area contributed by atoms with Gasteiger partial charge in [-0.25, -0.2) is 0 Å². The summed E-state index contributed by atoms with van der Waals surface area (Å²) in [4.78, 5) is 113. The summed E-state index contributed by atoms with van der Waals surface area (Å²) < 4.78 is 0. The first-order valence-electron chi connectivity index (χ1n) is 17.5. The first-order valence-corrected chi connectivity index (χ1v) is 17.5. The fourth-order valence-electron chi connectivity index (χ4n) is 4.53. The van der Waals surface area contributed by atoms with E-state index in [9.17, 15) is 68.7 Å². The molecule has 25 nitrogen and oxygen atoms in total. The largest absolute Gasteiger partial charge is 0.480 e. The second kappa shape index (κ2) is 25.4. The molecule has 25 heteroatoms. The molecular formula is C33H51N9O16. The van der Waals surface area contributed by atoms with Crippen LogP contribution in [0.25, 0.3) is 0 Å². The van der Waals surface area contributed by atoms with Gasteiger partial charge in [0.2, 0.25) is 47.3 Å². The monoisotopic (exact) mass is 829 g/mol. The summed E-state index contributed by atoms with van der Waals surface area (Å²) in [6.45, 7) is -3.69. The number of aliphatic hydroxyl groups is 6. The minimum Gasteiger partial charge on any atom is -0.480 e. The molecule has 0 aromatic heterocycles. The molecule has 0 aliphatic rings. The van der Waals surface area contributed by atoms with Crippen molar-refractivity contribution in [3.63, 3.8) is 0 Å². The van der Waals surface area contributed by atoms with Gasteiger partial charge in [-0.2, -0.15) is 0 Å². The molecule has 324 valence electrons. The van der Waals surface area contributed by atoms with Crippen LogP contribution in [-0.2, 0) is 49.6 Å². The number of rotatable bonds is 25. The smallest absolute Gasteiger partial charge is 0.325 e. The summed E-state index contributed by atoms with van der Waals surface area (Å²) >= 11 is 0. The van der Waals surface area contributed by atoms with E-state index in [0.29, 0.717) is 5.56 Å². The molecule has 0 unspecified atom stereocenters. The highest BCUT2D eigenvalue weighted by atomic mass is 16.4. The van der Waals surface area contributed by atoms with E-state index in [-0.39, 0.29) is 6.42 Å². The molecule has 0 heterocycles. The highest BCUT2D eigenvalue weighted by Gasteiger charge is 2.34. The molecule has 58 heavy (non-hydrogen) atoms. The van der Waals surface area contributed by atoms with Crippen molar-refractivity contribution in [2.45, 2.75) is 74.6 Å². The van der Waals surface area contributed by atoms with Gasteiger partial charge in [0.1, 0.15) is 54.4 Å². The predicted molar refractivity (Wildman–Crippen MR) is 195 cm³/mol. The van der Waals surface area contributed by atoms with Crippen molar-refractivity contribution in [2.75, 3.05) is 39.6 Å². The van der Waals surface area contributed by atoms with E-state index >= 15 is 0 Å².